The van der Waals surface area contributed by atoms with Crippen molar-refractivity contribution in [3.63, 3.8) is 0 Å². The summed E-state index contributed by atoms with van der Waals surface area (Å²) in [6.07, 6.45) is 2.14. The zero-order valence-electron chi connectivity index (χ0n) is 9.61. The minimum absolute atomic E-state index is 0.893. The summed E-state index contributed by atoms with van der Waals surface area (Å²) in [5.41, 5.74) is 2.55. The van der Waals surface area contributed by atoms with Gasteiger partial charge in [0.1, 0.15) is 0 Å². The second-order valence-corrected chi connectivity index (χ2v) is 6.02. The third-order valence-electron chi connectivity index (χ3n) is 2.99. The fourth-order valence-corrected chi connectivity index (χ4v) is 3.06. The quantitative estimate of drug-likeness (QED) is 0.587. The average molecular weight is 365 g/mol. The maximum absolute atomic E-state index is 3.62. The van der Waals surface area contributed by atoms with Gasteiger partial charge in [0.2, 0.25) is 0 Å². The van der Waals surface area contributed by atoms with Crippen LogP contribution in [0, 0.1) is 0 Å². The summed E-state index contributed by atoms with van der Waals surface area (Å²) in [6, 6.07) is 16.9. The lowest BCUT2D eigenvalue weighted by Gasteiger charge is -2.05. The summed E-state index contributed by atoms with van der Waals surface area (Å²) in [5, 5.41) is 1.24. The molecule has 3 aromatic rings. The van der Waals surface area contributed by atoms with Crippen LogP contribution in [-0.2, 0) is 6.54 Å². The molecule has 0 atom stereocenters. The first-order valence-corrected chi connectivity index (χ1v) is 7.30. The van der Waals surface area contributed by atoms with E-state index in [9.17, 15) is 0 Å². The summed E-state index contributed by atoms with van der Waals surface area (Å²) in [5.74, 6) is 0. The van der Waals surface area contributed by atoms with Gasteiger partial charge in [0.25, 0.3) is 0 Å². The molecule has 0 N–H and O–H groups in total. The predicted molar refractivity (Wildman–Crippen MR) is 82.9 cm³/mol. The highest BCUT2D eigenvalue weighted by atomic mass is 79.9. The molecule has 0 amide bonds. The third-order valence-corrected chi connectivity index (χ3v) is 4.12. The summed E-state index contributed by atoms with van der Waals surface area (Å²) < 4.78 is 4.50. The van der Waals surface area contributed by atoms with E-state index in [0.29, 0.717) is 0 Å². The molecule has 1 nitrogen and oxygen atoms in total. The topological polar surface area (TPSA) is 4.93 Å². The lowest BCUT2D eigenvalue weighted by Crippen LogP contribution is -1.97. The van der Waals surface area contributed by atoms with Crippen molar-refractivity contribution in [1.29, 1.82) is 0 Å². The van der Waals surface area contributed by atoms with Gasteiger partial charge in [-0.15, -0.1) is 0 Å². The molecule has 0 saturated carbocycles. The summed E-state index contributed by atoms with van der Waals surface area (Å²) in [7, 11) is 0. The summed E-state index contributed by atoms with van der Waals surface area (Å²) >= 11 is 7.14. The van der Waals surface area contributed by atoms with E-state index >= 15 is 0 Å². The van der Waals surface area contributed by atoms with Gasteiger partial charge < -0.3 is 4.57 Å². The minimum atomic E-state index is 0.893. The molecule has 0 saturated heterocycles. The van der Waals surface area contributed by atoms with E-state index in [-0.39, 0.29) is 0 Å². The largest absolute Gasteiger partial charge is 0.342 e. The molecule has 90 valence electrons. The van der Waals surface area contributed by atoms with Gasteiger partial charge in [-0.1, -0.05) is 46.3 Å². The Kier molecular flexibility index (Phi) is 3.27. The van der Waals surface area contributed by atoms with Crippen LogP contribution in [0.25, 0.3) is 10.9 Å². The number of fused-ring (bicyclic) bond motifs is 1. The normalized spacial score (nSPS) is 11.0. The Morgan fingerprint density at radius 1 is 0.944 bits per heavy atom. The van der Waals surface area contributed by atoms with E-state index in [4.69, 9.17) is 0 Å². The number of halogens is 2. The van der Waals surface area contributed by atoms with Crippen LogP contribution >= 0.6 is 31.9 Å². The lowest BCUT2D eigenvalue weighted by molar-refractivity contribution is 0.835. The van der Waals surface area contributed by atoms with Crippen LogP contribution in [0.2, 0.25) is 0 Å². The molecule has 0 bridgehead atoms. The zero-order valence-corrected chi connectivity index (χ0v) is 12.8. The molecule has 2 aromatic carbocycles. The third kappa shape index (κ3) is 2.25. The molecule has 0 aliphatic heterocycles. The second kappa shape index (κ2) is 4.90. The first-order chi connectivity index (χ1) is 8.74. The average Bonchev–Trinajstić information content (AvgIpc) is 2.67. The number of nitrogens with zero attached hydrogens (tertiary/aromatic N) is 1. The molecule has 0 aliphatic rings. The monoisotopic (exact) mass is 363 g/mol. The molecule has 0 spiro atoms. The van der Waals surface area contributed by atoms with Crippen LogP contribution in [0.4, 0.5) is 0 Å². The van der Waals surface area contributed by atoms with Crippen molar-refractivity contribution in [2.24, 2.45) is 0 Å². The number of rotatable bonds is 2. The van der Waals surface area contributed by atoms with E-state index in [1.165, 1.54) is 16.5 Å². The summed E-state index contributed by atoms with van der Waals surface area (Å²) in [4.78, 5) is 0. The molecule has 0 radical (unpaired) electrons. The van der Waals surface area contributed by atoms with Crippen molar-refractivity contribution >= 4 is 42.8 Å². The second-order valence-electron chi connectivity index (χ2n) is 4.25. The Hall–Kier alpha value is -1.06. The number of benzene rings is 2. The summed E-state index contributed by atoms with van der Waals surface area (Å²) in [6.45, 7) is 0.893. The van der Waals surface area contributed by atoms with Gasteiger partial charge in [-0.05, 0) is 39.7 Å². The molecule has 3 heteroatoms. The maximum Gasteiger partial charge on any atom is 0.0496 e. The van der Waals surface area contributed by atoms with E-state index in [1.54, 1.807) is 0 Å². The van der Waals surface area contributed by atoms with Crippen LogP contribution < -0.4 is 0 Å². The van der Waals surface area contributed by atoms with Crippen LogP contribution in [0.3, 0.4) is 0 Å². The van der Waals surface area contributed by atoms with Gasteiger partial charge in [0.15, 0.2) is 0 Å². The van der Waals surface area contributed by atoms with Crippen molar-refractivity contribution in [3.05, 3.63) is 69.2 Å². The van der Waals surface area contributed by atoms with Gasteiger partial charge in [0.05, 0.1) is 0 Å². The standard InChI is InChI=1S/C15H11Br2N/c16-12-6-7-15-13(8-12)14(17)10-18(15)9-11-4-2-1-3-5-11/h1-8,10H,9H2. The van der Waals surface area contributed by atoms with Crippen LogP contribution in [0.15, 0.2) is 63.7 Å². The van der Waals surface area contributed by atoms with Crippen molar-refractivity contribution in [3.8, 4) is 0 Å². The predicted octanol–water partition coefficient (Wildman–Crippen LogP) is 5.21. The SMILES string of the molecule is Brc1ccc2c(c1)c(Br)cn2Cc1ccccc1. The zero-order chi connectivity index (χ0) is 12.5. The van der Waals surface area contributed by atoms with Crippen molar-refractivity contribution in [2.75, 3.05) is 0 Å². The molecule has 18 heavy (non-hydrogen) atoms. The molecular weight excluding hydrogens is 354 g/mol. The first kappa shape index (κ1) is 12.0. The number of hydrogen-bond acceptors (Lipinski definition) is 0. The van der Waals surface area contributed by atoms with Crippen molar-refractivity contribution in [2.45, 2.75) is 6.54 Å². The highest BCUT2D eigenvalue weighted by Crippen LogP contribution is 2.29. The van der Waals surface area contributed by atoms with E-state index in [0.717, 1.165) is 15.5 Å². The van der Waals surface area contributed by atoms with Crippen LogP contribution in [0.5, 0.6) is 0 Å². The number of aromatic nitrogens is 1. The fourth-order valence-electron chi connectivity index (χ4n) is 2.14. The van der Waals surface area contributed by atoms with Gasteiger partial charge in [0, 0.05) is 32.6 Å². The van der Waals surface area contributed by atoms with Crippen LogP contribution in [-0.4, -0.2) is 4.57 Å². The Balaban J connectivity index is 2.08. The highest BCUT2D eigenvalue weighted by Gasteiger charge is 2.07. The van der Waals surface area contributed by atoms with Gasteiger partial charge >= 0.3 is 0 Å². The molecule has 0 unspecified atom stereocenters. The van der Waals surface area contributed by atoms with Crippen molar-refractivity contribution < 1.29 is 0 Å². The van der Waals surface area contributed by atoms with E-state index in [2.05, 4.69) is 85.1 Å². The first-order valence-electron chi connectivity index (χ1n) is 5.72. The molecule has 1 aromatic heterocycles. The Bertz CT molecular complexity index is 686. The Labute approximate surface area is 123 Å². The minimum Gasteiger partial charge on any atom is -0.342 e. The van der Waals surface area contributed by atoms with Gasteiger partial charge in [-0.2, -0.15) is 0 Å². The van der Waals surface area contributed by atoms with E-state index in [1.807, 2.05) is 6.07 Å². The molecular formula is C15H11Br2N. The van der Waals surface area contributed by atoms with Gasteiger partial charge in [-0.3, -0.25) is 0 Å². The van der Waals surface area contributed by atoms with E-state index < -0.39 is 0 Å². The molecule has 1 heterocycles. The molecule has 0 fully saturated rings. The highest BCUT2D eigenvalue weighted by molar-refractivity contribution is 9.11. The Morgan fingerprint density at radius 3 is 2.50 bits per heavy atom. The lowest BCUT2D eigenvalue weighted by atomic mass is 10.2. The number of hydrogen-bond donors (Lipinski definition) is 0. The molecule has 0 aliphatic carbocycles. The smallest absolute Gasteiger partial charge is 0.0496 e. The van der Waals surface area contributed by atoms with Gasteiger partial charge in [-0.25, -0.2) is 0 Å². The molecule has 3 rings (SSSR count). The Morgan fingerprint density at radius 2 is 1.72 bits per heavy atom. The van der Waals surface area contributed by atoms with Crippen LogP contribution in [0.1, 0.15) is 5.56 Å². The fraction of sp³-hybridized carbons (Fsp3) is 0.0667. The maximum atomic E-state index is 3.62. The van der Waals surface area contributed by atoms with Crippen molar-refractivity contribution in [1.82, 2.24) is 4.57 Å².